The van der Waals surface area contributed by atoms with Gasteiger partial charge in [0, 0.05) is 0 Å². The van der Waals surface area contributed by atoms with Crippen molar-refractivity contribution in [2.75, 3.05) is 5.32 Å². The maximum Gasteiger partial charge on any atom is 0.411 e. The fourth-order valence-corrected chi connectivity index (χ4v) is 2.20. The second-order valence-corrected chi connectivity index (χ2v) is 4.75. The molecule has 1 heterocycles. The van der Waals surface area contributed by atoms with Crippen LogP contribution in [0, 0.1) is 5.82 Å². The molecule has 1 amide bonds. The number of nitrogens with zero attached hydrogens (tertiary/aromatic N) is 1. The smallest absolute Gasteiger partial charge is 0.411 e. The third kappa shape index (κ3) is 2.75. The van der Waals surface area contributed by atoms with Crippen molar-refractivity contribution >= 4 is 23.1 Å². The highest BCUT2D eigenvalue weighted by molar-refractivity contribution is 5.85. The predicted octanol–water partition coefficient (Wildman–Crippen LogP) is 2.87. The summed E-state index contributed by atoms with van der Waals surface area (Å²) in [6, 6.07) is 10.6. The Morgan fingerprint density at radius 2 is 1.86 bits per heavy atom. The highest BCUT2D eigenvalue weighted by Gasteiger charge is 2.13. The van der Waals surface area contributed by atoms with Gasteiger partial charge in [0.15, 0.2) is 0 Å². The number of halogens is 1. The number of aliphatic hydroxyl groups excluding tert-OH is 1. The molecule has 1 aromatic heterocycles. The number of hydrogen-bond acceptors (Lipinski definition) is 3. The number of anilines is 1. The van der Waals surface area contributed by atoms with Gasteiger partial charge in [-0.25, -0.2) is 14.2 Å². The third-order valence-electron chi connectivity index (χ3n) is 3.23. The van der Waals surface area contributed by atoms with Crippen LogP contribution in [0.1, 0.15) is 17.2 Å². The molecule has 0 radical (unpaired) electrons. The number of nitrogens with one attached hydrogen (secondary N) is 2. The monoisotopic (exact) mass is 301 g/mol. The van der Waals surface area contributed by atoms with E-state index in [1.54, 1.807) is 18.2 Å². The largest absolute Gasteiger partial charge is 0.465 e. The molecule has 22 heavy (non-hydrogen) atoms. The summed E-state index contributed by atoms with van der Waals surface area (Å²) in [6.07, 6.45) is -2.13. The molecular weight excluding hydrogens is 289 g/mol. The van der Waals surface area contributed by atoms with Crippen molar-refractivity contribution in [3.05, 3.63) is 59.4 Å². The molecule has 0 aliphatic heterocycles. The second-order valence-electron chi connectivity index (χ2n) is 4.75. The Balaban J connectivity index is 1.93. The fraction of sp³-hybridized carbons (Fsp3) is 0.0667. The molecule has 4 N–H and O–H groups in total. The predicted molar refractivity (Wildman–Crippen MR) is 78.2 cm³/mol. The molecule has 0 fully saturated rings. The van der Waals surface area contributed by atoms with E-state index in [9.17, 15) is 14.3 Å². The number of rotatable bonds is 3. The highest BCUT2D eigenvalue weighted by Crippen LogP contribution is 2.25. The number of carbonyl (C=O) groups is 1. The number of benzene rings is 2. The van der Waals surface area contributed by atoms with Crippen LogP contribution in [0.2, 0.25) is 0 Å². The van der Waals surface area contributed by atoms with E-state index >= 15 is 0 Å². The van der Waals surface area contributed by atoms with Crippen LogP contribution in [0.4, 0.5) is 15.1 Å². The second kappa shape index (κ2) is 5.45. The zero-order chi connectivity index (χ0) is 15.7. The van der Waals surface area contributed by atoms with Crippen LogP contribution < -0.4 is 5.32 Å². The van der Waals surface area contributed by atoms with Crippen molar-refractivity contribution in [2.24, 2.45) is 0 Å². The highest BCUT2D eigenvalue weighted by atomic mass is 19.1. The van der Waals surface area contributed by atoms with E-state index < -0.39 is 12.2 Å². The van der Waals surface area contributed by atoms with Crippen LogP contribution in [-0.4, -0.2) is 26.3 Å². The number of aliphatic hydroxyl groups is 1. The van der Waals surface area contributed by atoms with Gasteiger partial charge in [-0.1, -0.05) is 18.2 Å². The Hall–Kier alpha value is -2.93. The Bertz CT molecular complexity index is 830. The molecule has 0 spiro atoms. The number of H-pyrrole nitrogens is 1. The summed E-state index contributed by atoms with van der Waals surface area (Å²) in [7, 11) is 0. The molecule has 0 saturated carbocycles. The van der Waals surface area contributed by atoms with Crippen molar-refractivity contribution in [3.63, 3.8) is 0 Å². The van der Waals surface area contributed by atoms with E-state index in [4.69, 9.17) is 5.11 Å². The van der Waals surface area contributed by atoms with Crippen molar-refractivity contribution in [3.8, 4) is 0 Å². The van der Waals surface area contributed by atoms with Gasteiger partial charge >= 0.3 is 6.09 Å². The summed E-state index contributed by atoms with van der Waals surface area (Å²) in [6.45, 7) is 0. The number of carboxylic acid groups (broad SMARTS) is 1. The molecule has 0 bridgehead atoms. The molecule has 3 aromatic rings. The van der Waals surface area contributed by atoms with Crippen molar-refractivity contribution in [1.82, 2.24) is 9.97 Å². The standard InChI is InChI=1S/C15H12FN3O3/c16-10-4-1-8(2-5-10)13(20)9-3-6-11-12(7-9)18-14(17-11)19-15(21)22/h1-7,13,20H,(H,21,22)(H2,17,18,19). The molecule has 6 nitrogen and oxygen atoms in total. The molecule has 112 valence electrons. The van der Waals surface area contributed by atoms with Gasteiger partial charge in [0.25, 0.3) is 0 Å². The minimum absolute atomic E-state index is 0.107. The number of aromatic nitrogens is 2. The van der Waals surface area contributed by atoms with E-state index in [1.807, 2.05) is 0 Å². The molecular formula is C15H12FN3O3. The molecule has 0 aliphatic rings. The lowest BCUT2D eigenvalue weighted by Gasteiger charge is -2.11. The molecule has 1 unspecified atom stereocenters. The van der Waals surface area contributed by atoms with Crippen LogP contribution in [0.25, 0.3) is 11.0 Å². The first-order valence-corrected chi connectivity index (χ1v) is 6.46. The van der Waals surface area contributed by atoms with Crippen LogP contribution in [0.3, 0.4) is 0 Å². The van der Waals surface area contributed by atoms with Crippen LogP contribution in [-0.2, 0) is 0 Å². The van der Waals surface area contributed by atoms with Gasteiger partial charge in [0.1, 0.15) is 11.9 Å². The Labute approximate surface area is 124 Å². The van der Waals surface area contributed by atoms with E-state index in [0.29, 0.717) is 22.2 Å². The van der Waals surface area contributed by atoms with Gasteiger partial charge in [-0.3, -0.25) is 5.32 Å². The average Bonchev–Trinajstić information content (AvgIpc) is 2.87. The molecule has 1 atom stereocenters. The van der Waals surface area contributed by atoms with Crippen LogP contribution in [0.5, 0.6) is 0 Å². The Morgan fingerprint density at radius 3 is 2.55 bits per heavy atom. The zero-order valence-corrected chi connectivity index (χ0v) is 11.2. The quantitative estimate of drug-likeness (QED) is 0.598. The fourth-order valence-electron chi connectivity index (χ4n) is 2.20. The van der Waals surface area contributed by atoms with Crippen LogP contribution >= 0.6 is 0 Å². The molecule has 3 rings (SSSR count). The molecule has 7 heteroatoms. The van der Waals surface area contributed by atoms with Gasteiger partial charge in [-0.2, -0.15) is 0 Å². The first kappa shape index (κ1) is 14.0. The van der Waals surface area contributed by atoms with E-state index in [0.717, 1.165) is 0 Å². The van der Waals surface area contributed by atoms with Crippen molar-refractivity contribution in [2.45, 2.75) is 6.10 Å². The topological polar surface area (TPSA) is 98.2 Å². The lowest BCUT2D eigenvalue weighted by atomic mass is 10.0. The average molecular weight is 301 g/mol. The van der Waals surface area contributed by atoms with Crippen molar-refractivity contribution < 1.29 is 19.4 Å². The molecule has 0 saturated heterocycles. The summed E-state index contributed by atoms with van der Waals surface area (Å²) < 4.78 is 12.9. The van der Waals surface area contributed by atoms with Gasteiger partial charge in [0.2, 0.25) is 5.95 Å². The van der Waals surface area contributed by atoms with Gasteiger partial charge < -0.3 is 15.2 Å². The minimum Gasteiger partial charge on any atom is -0.465 e. The maximum absolute atomic E-state index is 12.9. The number of imidazole rings is 1. The first-order chi connectivity index (χ1) is 10.5. The summed E-state index contributed by atoms with van der Waals surface area (Å²) in [5.74, 6) is -0.264. The third-order valence-corrected chi connectivity index (χ3v) is 3.23. The SMILES string of the molecule is O=C(O)Nc1nc2ccc(C(O)c3ccc(F)cc3)cc2[nH]1. The summed E-state index contributed by atoms with van der Waals surface area (Å²) in [5, 5.41) is 21.1. The summed E-state index contributed by atoms with van der Waals surface area (Å²) in [4.78, 5) is 17.5. The van der Waals surface area contributed by atoms with Gasteiger partial charge in [-0.05, 0) is 35.4 Å². The Morgan fingerprint density at radius 1 is 1.18 bits per heavy atom. The summed E-state index contributed by atoms with van der Waals surface area (Å²) in [5.41, 5.74) is 2.30. The molecule has 2 aromatic carbocycles. The van der Waals surface area contributed by atoms with Gasteiger partial charge in [-0.15, -0.1) is 0 Å². The molecule has 0 aliphatic carbocycles. The minimum atomic E-state index is -1.22. The van der Waals surface area contributed by atoms with E-state index in [2.05, 4.69) is 15.3 Å². The lowest BCUT2D eigenvalue weighted by Crippen LogP contribution is -2.08. The van der Waals surface area contributed by atoms with E-state index in [1.165, 1.54) is 24.3 Å². The van der Waals surface area contributed by atoms with Crippen LogP contribution in [0.15, 0.2) is 42.5 Å². The summed E-state index contributed by atoms with van der Waals surface area (Å²) >= 11 is 0. The Kier molecular flexibility index (Phi) is 3.48. The number of amides is 1. The normalized spacial score (nSPS) is 12.3. The number of aromatic amines is 1. The first-order valence-electron chi connectivity index (χ1n) is 6.46. The number of hydrogen-bond donors (Lipinski definition) is 4. The van der Waals surface area contributed by atoms with Gasteiger partial charge in [0.05, 0.1) is 11.0 Å². The van der Waals surface area contributed by atoms with Crippen molar-refractivity contribution in [1.29, 1.82) is 0 Å². The van der Waals surface area contributed by atoms with E-state index in [-0.39, 0.29) is 11.8 Å². The zero-order valence-electron chi connectivity index (χ0n) is 11.2. The number of fused-ring (bicyclic) bond motifs is 1. The lowest BCUT2D eigenvalue weighted by molar-refractivity contribution is 0.209. The maximum atomic E-state index is 12.9.